The fourth-order valence-electron chi connectivity index (χ4n) is 4.75. The number of nitrogens with two attached hydrogens (primary N) is 2. The average Bonchev–Trinajstić information content (AvgIpc) is 2.98. The monoisotopic (exact) mass is 578 g/mol. The highest BCUT2D eigenvalue weighted by Crippen LogP contribution is 2.19. The van der Waals surface area contributed by atoms with Crippen LogP contribution in [0.25, 0.3) is 0 Å². The quantitative estimate of drug-likeness (QED) is 0.124. The largest absolute Gasteiger partial charge is 0.366 e. The predicted molar refractivity (Wildman–Crippen MR) is 165 cm³/mol. The number of primary amides is 2. The van der Waals surface area contributed by atoms with Crippen LogP contribution < -0.4 is 22.1 Å². The lowest BCUT2D eigenvalue weighted by molar-refractivity contribution is 0.0933. The Balaban J connectivity index is 2.11. The van der Waals surface area contributed by atoms with Gasteiger partial charge in [-0.15, -0.1) is 0 Å². The van der Waals surface area contributed by atoms with Crippen LogP contribution in [0.5, 0.6) is 0 Å². The van der Waals surface area contributed by atoms with E-state index in [4.69, 9.17) is 11.5 Å². The summed E-state index contributed by atoms with van der Waals surface area (Å²) in [6.07, 6.45) is 12.9. The number of amides is 4. The number of hydrogen-bond donors (Lipinski definition) is 4. The third-order valence-electron chi connectivity index (χ3n) is 7.22. The van der Waals surface area contributed by atoms with Crippen LogP contribution in [-0.4, -0.2) is 42.5 Å². The number of carbonyl (C=O) groups is 5. The van der Waals surface area contributed by atoms with Crippen molar-refractivity contribution in [3.63, 3.8) is 0 Å². The van der Waals surface area contributed by atoms with E-state index in [1.807, 2.05) is 0 Å². The number of rotatable bonds is 20. The van der Waals surface area contributed by atoms with Gasteiger partial charge in [0.2, 0.25) is 11.8 Å². The minimum atomic E-state index is -0.843. The molecule has 0 aliphatic carbocycles. The maximum absolute atomic E-state index is 13.3. The molecule has 0 spiro atoms. The SMILES string of the molecule is CCCCCCCCNC(=O)c1ccc(C(=O)c2ccc(C(=O)NCCCCCCCC)c(C(N)=O)c2)cc1C(N)=O. The summed E-state index contributed by atoms with van der Waals surface area (Å²) in [6, 6.07) is 8.19. The maximum Gasteiger partial charge on any atom is 0.252 e. The molecule has 0 aliphatic rings. The first-order valence-electron chi connectivity index (χ1n) is 15.2. The molecule has 4 amide bonds. The van der Waals surface area contributed by atoms with E-state index in [0.29, 0.717) is 13.1 Å². The van der Waals surface area contributed by atoms with Crippen LogP contribution in [0.1, 0.15) is 148 Å². The van der Waals surface area contributed by atoms with Gasteiger partial charge in [0.25, 0.3) is 11.8 Å². The Kier molecular flexibility index (Phi) is 15.0. The Bertz CT molecular complexity index is 1150. The van der Waals surface area contributed by atoms with E-state index < -0.39 is 29.4 Å². The van der Waals surface area contributed by atoms with E-state index in [0.717, 1.165) is 38.5 Å². The van der Waals surface area contributed by atoms with E-state index >= 15 is 0 Å². The van der Waals surface area contributed by atoms with Crippen molar-refractivity contribution in [3.8, 4) is 0 Å². The minimum absolute atomic E-state index is 0.0814. The van der Waals surface area contributed by atoms with E-state index in [-0.39, 0.29) is 33.4 Å². The van der Waals surface area contributed by atoms with Crippen molar-refractivity contribution in [3.05, 3.63) is 69.8 Å². The number of benzene rings is 2. The van der Waals surface area contributed by atoms with E-state index in [2.05, 4.69) is 24.5 Å². The first kappa shape index (κ1) is 34.2. The van der Waals surface area contributed by atoms with Crippen molar-refractivity contribution in [1.29, 1.82) is 0 Å². The molecular formula is C33H46N4O5. The molecule has 2 aromatic rings. The van der Waals surface area contributed by atoms with Crippen molar-refractivity contribution in [2.24, 2.45) is 11.5 Å². The summed E-state index contributed by atoms with van der Waals surface area (Å²) in [5, 5.41) is 5.62. The number of unbranched alkanes of at least 4 members (excludes halogenated alkanes) is 10. The molecule has 0 aromatic heterocycles. The Morgan fingerprint density at radius 1 is 0.524 bits per heavy atom. The Morgan fingerprint density at radius 2 is 0.881 bits per heavy atom. The molecule has 0 bridgehead atoms. The maximum atomic E-state index is 13.3. The predicted octanol–water partition coefficient (Wildman–Crippen LogP) is 5.30. The minimum Gasteiger partial charge on any atom is -0.366 e. The third kappa shape index (κ3) is 10.8. The molecule has 6 N–H and O–H groups in total. The zero-order chi connectivity index (χ0) is 30.9. The molecule has 0 saturated carbocycles. The van der Waals surface area contributed by atoms with Crippen LogP contribution in [0.3, 0.4) is 0 Å². The average molecular weight is 579 g/mol. The molecule has 0 heterocycles. The second-order valence-corrected chi connectivity index (χ2v) is 10.6. The molecule has 0 fully saturated rings. The molecule has 2 aromatic carbocycles. The van der Waals surface area contributed by atoms with Gasteiger partial charge in [0.05, 0.1) is 22.3 Å². The normalized spacial score (nSPS) is 10.7. The lowest BCUT2D eigenvalue weighted by Gasteiger charge is -2.12. The van der Waals surface area contributed by atoms with Gasteiger partial charge in [-0.05, 0) is 37.1 Å². The van der Waals surface area contributed by atoms with Crippen LogP contribution in [0.15, 0.2) is 36.4 Å². The third-order valence-corrected chi connectivity index (χ3v) is 7.22. The van der Waals surface area contributed by atoms with E-state index in [9.17, 15) is 24.0 Å². The van der Waals surface area contributed by atoms with Crippen LogP contribution >= 0.6 is 0 Å². The summed E-state index contributed by atoms with van der Waals surface area (Å²) in [5.41, 5.74) is 11.3. The molecule has 0 radical (unpaired) electrons. The van der Waals surface area contributed by atoms with Crippen molar-refractivity contribution in [2.45, 2.75) is 90.9 Å². The van der Waals surface area contributed by atoms with Gasteiger partial charge in [0, 0.05) is 24.2 Å². The van der Waals surface area contributed by atoms with Gasteiger partial charge in [-0.2, -0.15) is 0 Å². The molecule has 9 nitrogen and oxygen atoms in total. The zero-order valence-electron chi connectivity index (χ0n) is 25.1. The van der Waals surface area contributed by atoms with Gasteiger partial charge in [0.1, 0.15) is 0 Å². The summed E-state index contributed by atoms with van der Waals surface area (Å²) < 4.78 is 0. The lowest BCUT2D eigenvalue weighted by atomic mass is 9.94. The number of carbonyl (C=O) groups excluding carboxylic acids is 5. The molecule has 0 unspecified atom stereocenters. The molecule has 9 heteroatoms. The standard InChI is InChI=1S/C33H46N4O5/c1-3-5-7-9-11-13-19-36-32(41)25-17-15-23(21-27(25)30(34)39)29(38)24-16-18-26(28(22-24)31(35)40)33(42)37-20-14-12-10-8-6-4-2/h15-18,21-22H,3-14,19-20H2,1-2H3,(H2,34,39)(H2,35,40)(H,36,41)(H,37,42). The van der Waals surface area contributed by atoms with Gasteiger partial charge in [-0.1, -0.05) is 90.2 Å². The van der Waals surface area contributed by atoms with Gasteiger partial charge in [-0.25, -0.2) is 0 Å². The highest BCUT2D eigenvalue weighted by Gasteiger charge is 2.21. The van der Waals surface area contributed by atoms with Crippen molar-refractivity contribution >= 4 is 29.4 Å². The van der Waals surface area contributed by atoms with E-state index in [1.165, 1.54) is 74.9 Å². The molecule has 42 heavy (non-hydrogen) atoms. The molecular weight excluding hydrogens is 532 g/mol. The Labute approximate surface area is 249 Å². The van der Waals surface area contributed by atoms with Crippen LogP contribution in [-0.2, 0) is 0 Å². The summed E-state index contributed by atoms with van der Waals surface area (Å²) in [5.74, 6) is -3.08. The van der Waals surface area contributed by atoms with Crippen molar-refractivity contribution < 1.29 is 24.0 Å². The molecule has 0 aliphatic heterocycles. The van der Waals surface area contributed by atoms with Crippen molar-refractivity contribution in [1.82, 2.24) is 10.6 Å². The van der Waals surface area contributed by atoms with Crippen LogP contribution in [0, 0.1) is 0 Å². The topological polar surface area (TPSA) is 161 Å². The van der Waals surface area contributed by atoms with Gasteiger partial charge in [0.15, 0.2) is 5.78 Å². The second-order valence-electron chi connectivity index (χ2n) is 10.6. The van der Waals surface area contributed by atoms with Gasteiger partial charge < -0.3 is 22.1 Å². The zero-order valence-corrected chi connectivity index (χ0v) is 25.1. The summed E-state index contributed by atoms with van der Waals surface area (Å²) in [4.78, 5) is 63.1. The highest BCUT2D eigenvalue weighted by molar-refractivity contribution is 6.15. The smallest absolute Gasteiger partial charge is 0.252 e. The summed E-state index contributed by atoms with van der Waals surface area (Å²) in [7, 11) is 0. The molecule has 228 valence electrons. The summed E-state index contributed by atoms with van der Waals surface area (Å²) >= 11 is 0. The van der Waals surface area contributed by atoms with Crippen LogP contribution in [0.4, 0.5) is 0 Å². The number of nitrogens with one attached hydrogen (secondary N) is 2. The van der Waals surface area contributed by atoms with Crippen molar-refractivity contribution in [2.75, 3.05) is 13.1 Å². The Hall–Kier alpha value is -4.01. The lowest BCUT2D eigenvalue weighted by Crippen LogP contribution is -2.28. The number of hydrogen-bond acceptors (Lipinski definition) is 5. The van der Waals surface area contributed by atoms with Gasteiger partial charge >= 0.3 is 0 Å². The molecule has 0 atom stereocenters. The fraction of sp³-hybridized carbons (Fsp3) is 0.485. The first-order valence-corrected chi connectivity index (χ1v) is 15.2. The van der Waals surface area contributed by atoms with Crippen LogP contribution in [0.2, 0.25) is 0 Å². The molecule has 2 rings (SSSR count). The fourth-order valence-corrected chi connectivity index (χ4v) is 4.75. The Morgan fingerprint density at radius 3 is 1.24 bits per heavy atom. The van der Waals surface area contributed by atoms with Gasteiger partial charge in [-0.3, -0.25) is 24.0 Å². The van der Waals surface area contributed by atoms with E-state index in [1.54, 1.807) is 0 Å². The summed E-state index contributed by atoms with van der Waals surface area (Å²) in [6.45, 7) is 5.25. The second kappa shape index (κ2) is 18.4. The molecule has 0 saturated heterocycles. The highest BCUT2D eigenvalue weighted by atomic mass is 16.2. The first-order chi connectivity index (χ1) is 20.2. The number of ketones is 1.